The van der Waals surface area contributed by atoms with Crippen LogP contribution in [0, 0.1) is 11.8 Å². The molecule has 0 radical (unpaired) electrons. The van der Waals surface area contributed by atoms with Crippen LogP contribution >= 0.6 is 0 Å². The second-order valence-electron chi connectivity index (χ2n) is 9.51. The molecular formula is C29H46O3. The SMILES string of the molecule is C=CCc1cc(OCCCCCC)ccc1OC(=O)C1CCC(CCCCCCC)CC1. The molecule has 0 bridgehead atoms. The molecule has 0 N–H and O–H groups in total. The van der Waals surface area contributed by atoms with E-state index in [9.17, 15) is 4.79 Å². The molecule has 1 aliphatic carbocycles. The van der Waals surface area contributed by atoms with E-state index in [1.54, 1.807) is 0 Å². The van der Waals surface area contributed by atoms with E-state index >= 15 is 0 Å². The van der Waals surface area contributed by atoms with Crippen LogP contribution in [0.2, 0.25) is 0 Å². The molecule has 180 valence electrons. The molecule has 1 saturated carbocycles. The van der Waals surface area contributed by atoms with E-state index < -0.39 is 0 Å². The van der Waals surface area contributed by atoms with Crippen molar-refractivity contribution >= 4 is 5.97 Å². The number of allylic oxidation sites excluding steroid dienone is 1. The van der Waals surface area contributed by atoms with Gasteiger partial charge in [-0.2, -0.15) is 0 Å². The highest BCUT2D eigenvalue weighted by Crippen LogP contribution is 2.34. The molecule has 3 nitrogen and oxygen atoms in total. The molecule has 1 fully saturated rings. The minimum atomic E-state index is -0.0649. The van der Waals surface area contributed by atoms with Crippen molar-refractivity contribution in [2.75, 3.05) is 6.61 Å². The monoisotopic (exact) mass is 442 g/mol. The van der Waals surface area contributed by atoms with Crippen LogP contribution in [0.4, 0.5) is 0 Å². The van der Waals surface area contributed by atoms with Gasteiger partial charge in [0.2, 0.25) is 0 Å². The number of unbranched alkanes of at least 4 members (excludes halogenated alkanes) is 7. The molecule has 0 saturated heterocycles. The van der Waals surface area contributed by atoms with Gasteiger partial charge in [0.1, 0.15) is 11.5 Å². The maximum absolute atomic E-state index is 12.8. The summed E-state index contributed by atoms with van der Waals surface area (Å²) >= 11 is 0. The first kappa shape index (κ1) is 26.5. The third-order valence-corrected chi connectivity index (χ3v) is 6.77. The van der Waals surface area contributed by atoms with Crippen molar-refractivity contribution in [3.8, 4) is 11.5 Å². The predicted molar refractivity (Wildman–Crippen MR) is 134 cm³/mol. The summed E-state index contributed by atoms with van der Waals surface area (Å²) < 4.78 is 11.8. The average molecular weight is 443 g/mol. The normalized spacial score (nSPS) is 18.3. The Balaban J connectivity index is 1.79. The minimum absolute atomic E-state index is 0.0393. The lowest BCUT2D eigenvalue weighted by atomic mass is 9.79. The number of benzene rings is 1. The summed E-state index contributed by atoms with van der Waals surface area (Å²) in [6.07, 6.45) is 19.6. The first-order valence-corrected chi connectivity index (χ1v) is 13.3. The van der Waals surface area contributed by atoms with Crippen LogP contribution in [0.25, 0.3) is 0 Å². The van der Waals surface area contributed by atoms with Crippen molar-refractivity contribution in [3.63, 3.8) is 0 Å². The van der Waals surface area contributed by atoms with Gasteiger partial charge in [0.25, 0.3) is 0 Å². The summed E-state index contributed by atoms with van der Waals surface area (Å²) in [5.41, 5.74) is 0.972. The highest BCUT2D eigenvalue weighted by molar-refractivity contribution is 5.75. The topological polar surface area (TPSA) is 35.5 Å². The third kappa shape index (κ3) is 9.79. The van der Waals surface area contributed by atoms with Crippen LogP contribution in [-0.2, 0) is 11.2 Å². The summed E-state index contributed by atoms with van der Waals surface area (Å²) in [6.45, 7) is 9.06. The Kier molecular flexibility index (Phi) is 13.2. The summed E-state index contributed by atoms with van der Waals surface area (Å²) in [5.74, 6) is 2.27. The Labute approximate surface area is 197 Å². The van der Waals surface area contributed by atoms with Gasteiger partial charge in [0, 0.05) is 5.56 Å². The summed E-state index contributed by atoms with van der Waals surface area (Å²) in [6, 6.07) is 5.81. The Morgan fingerprint density at radius 1 is 0.969 bits per heavy atom. The fourth-order valence-corrected chi connectivity index (χ4v) is 4.69. The molecule has 0 heterocycles. The molecule has 0 amide bonds. The van der Waals surface area contributed by atoms with Gasteiger partial charge in [-0.3, -0.25) is 4.79 Å². The Hall–Kier alpha value is -1.77. The third-order valence-electron chi connectivity index (χ3n) is 6.77. The minimum Gasteiger partial charge on any atom is -0.494 e. The van der Waals surface area contributed by atoms with Gasteiger partial charge in [-0.25, -0.2) is 0 Å². The Morgan fingerprint density at radius 3 is 2.34 bits per heavy atom. The summed E-state index contributed by atoms with van der Waals surface area (Å²) in [4.78, 5) is 12.8. The lowest BCUT2D eigenvalue weighted by molar-refractivity contribution is -0.140. The van der Waals surface area contributed by atoms with Gasteiger partial charge in [-0.05, 0) is 62.6 Å². The van der Waals surface area contributed by atoms with E-state index in [1.165, 1.54) is 57.8 Å². The van der Waals surface area contributed by atoms with Crippen LogP contribution in [0.5, 0.6) is 11.5 Å². The lowest BCUT2D eigenvalue weighted by Crippen LogP contribution is -2.26. The Bertz CT molecular complexity index is 658. The number of hydrogen-bond acceptors (Lipinski definition) is 3. The van der Waals surface area contributed by atoms with Gasteiger partial charge >= 0.3 is 5.97 Å². The molecule has 1 aromatic carbocycles. The van der Waals surface area contributed by atoms with Crippen molar-refractivity contribution in [1.82, 2.24) is 0 Å². The van der Waals surface area contributed by atoms with E-state index in [4.69, 9.17) is 9.47 Å². The molecule has 3 heteroatoms. The molecule has 1 aliphatic rings. The van der Waals surface area contributed by atoms with E-state index in [0.717, 1.165) is 55.9 Å². The first-order chi connectivity index (χ1) is 15.7. The molecular weight excluding hydrogens is 396 g/mol. The number of carbonyl (C=O) groups excluding carboxylic acids is 1. The fraction of sp³-hybridized carbons (Fsp3) is 0.690. The highest BCUT2D eigenvalue weighted by Gasteiger charge is 2.28. The average Bonchev–Trinajstić information content (AvgIpc) is 2.81. The summed E-state index contributed by atoms with van der Waals surface area (Å²) in [5, 5.41) is 0. The zero-order valence-electron chi connectivity index (χ0n) is 20.7. The van der Waals surface area contributed by atoms with Crippen molar-refractivity contribution in [2.24, 2.45) is 11.8 Å². The molecule has 0 aliphatic heterocycles. The van der Waals surface area contributed by atoms with Gasteiger partial charge in [0.05, 0.1) is 12.5 Å². The van der Waals surface area contributed by atoms with Crippen molar-refractivity contribution in [2.45, 2.75) is 110 Å². The molecule has 0 spiro atoms. The van der Waals surface area contributed by atoms with E-state index in [2.05, 4.69) is 20.4 Å². The number of esters is 1. The summed E-state index contributed by atoms with van der Waals surface area (Å²) in [7, 11) is 0. The second kappa shape index (κ2) is 15.9. The predicted octanol–water partition coefficient (Wildman–Crippen LogP) is 8.45. The lowest BCUT2D eigenvalue weighted by Gasteiger charge is -2.27. The fourth-order valence-electron chi connectivity index (χ4n) is 4.69. The van der Waals surface area contributed by atoms with E-state index in [-0.39, 0.29) is 11.9 Å². The molecule has 0 aromatic heterocycles. The van der Waals surface area contributed by atoms with Crippen LogP contribution in [-0.4, -0.2) is 12.6 Å². The van der Waals surface area contributed by atoms with Crippen LogP contribution < -0.4 is 9.47 Å². The van der Waals surface area contributed by atoms with Crippen molar-refractivity contribution in [3.05, 3.63) is 36.4 Å². The second-order valence-corrected chi connectivity index (χ2v) is 9.51. The van der Waals surface area contributed by atoms with Gasteiger partial charge < -0.3 is 9.47 Å². The molecule has 0 unspecified atom stereocenters. The smallest absolute Gasteiger partial charge is 0.314 e. The van der Waals surface area contributed by atoms with E-state index in [1.807, 2.05) is 24.3 Å². The number of ether oxygens (including phenoxy) is 2. The van der Waals surface area contributed by atoms with Crippen LogP contribution in [0.15, 0.2) is 30.9 Å². The molecule has 0 atom stereocenters. The van der Waals surface area contributed by atoms with Gasteiger partial charge in [-0.15, -0.1) is 6.58 Å². The van der Waals surface area contributed by atoms with Gasteiger partial charge in [0.15, 0.2) is 0 Å². The largest absolute Gasteiger partial charge is 0.494 e. The van der Waals surface area contributed by atoms with Crippen LogP contribution in [0.3, 0.4) is 0 Å². The zero-order chi connectivity index (χ0) is 23.0. The van der Waals surface area contributed by atoms with Crippen molar-refractivity contribution in [1.29, 1.82) is 0 Å². The number of rotatable bonds is 16. The maximum Gasteiger partial charge on any atom is 0.314 e. The van der Waals surface area contributed by atoms with E-state index in [0.29, 0.717) is 12.2 Å². The standard InChI is InChI=1S/C29H46O3/c1-4-7-9-11-12-15-24-16-18-25(19-17-24)29(30)32-28-21-20-27(23-26(28)14-6-3)31-22-13-10-8-5-2/h6,20-21,23-25H,3-5,7-19,22H2,1-2H3. The zero-order valence-corrected chi connectivity index (χ0v) is 20.7. The quantitative estimate of drug-likeness (QED) is 0.111. The highest BCUT2D eigenvalue weighted by atomic mass is 16.5. The first-order valence-electron chi connectivity index (χ1n) is 13.3. The van der Waals surface area contributed by atoms with Crippen molar-refractivity contribution < 1.29 is 14.3 Å². The molecule has 2 rings (SSSR count). The number of carbonyl (C=O) groups is 1. The van der Waals surface area contributed by atoms with Crippen LogP contribution in [0.1, 0.15) is 109 Å². The molecule has 32 heavy (non-hydrogen) atoms. The Morgan fingerprint density at radius 2 is 1.66 bits per heavy atom. The number of hydrogen-bond donors (Lipinski definition) is 0. The maximum atomic E-state index is 12.8. The van der Waals surface area contributed by atoms with Gasteiger partial charge in [-0.1, -0.05) is 77.7 Å². The molecule has 1 aromatic rings.